The third-order valence-corrected chi connectivity index (χ3v) is 3.13. The van der Waals surface area contributed by atoms with Gasteiger partial charge in [0, 0.05) is 5.69 Å². The predicted molar refractivity (Wildman–Crippen MR) is 73.1 cm³/mol. The van der Waals surface area contributed by atoms with Gasteiger partial charge in [0.15, 0.2) is 0 Å². The SMILES string of the molecule is CCOC(=O)C(C)(CCCN)c1cccc(N)c1. The summed E-state index contributed by atoms with van der Waals surface area (Å²) in [4.78, 5) is 12.2. The molecule has 4 heteroatoms. The summed E-state index contributed by atoms with van der Waals surface area (Å²) in [6.45, 7) is 4.62. The second-order valence-electron chi connectivity index (χ2n) is 4.57. The molecule has 4 nitrogen and oxygen atoms in total. The zero-order chi connectivity index (χ0) is 13.6. The van der Waals surface area contributed by atoms with Crippen molar-refractivity contribution in [2.75, 3.05) is 18.9 Å². The first kappa shape index (κ1) is 14.5. The van der Waals surface area contributed by atoms with Crippen LogP contribution < -0.4 is 11.5 Å². The molecule has 0 aliphatic rings. The van der Waals surface area contributed by atoms with Crippen LogP contribution in [0.15, 0.2) is 24.3 Å². The minimum atomic E-state index is -0.676. The molecule has 0 spiro atoms. The Kier molecular flexibility index (Phi) is 5.16. The van der Waals surface area contributed by atoms with Crippen LogP contribution in [0.1, 0.15) is 32.3 Å². The average Bonchev–Trinajstić information content (AvgIpc) is 2.36. The van der Waals surface area contributed by atoms with E-state index in [1.165, 1.54) is 0 Å². The summed E-state index contributed by atoms with van der Waals surface area (Å²) in [6, 6.07) is 7.39. The lowest BCUT2D eigenvalue weighted by Crippen LogP contribution is -2.35. The standard InChI is InChI=1S/C14H22N2O2/c1-3-18-13(17)14(2,8-5-9-15)11-6-4-7-12(16)10-11/h4,6-7,10H,3,5,8-9,15-16H2,1-2H3. The van der Waals surface area contributed by atoms with Crippen molar-refractivity contribution < 1.29 is 9.53 Å². The zero-order valence-corrected chi connectivity index (χ0v) is 11.1. The summed E-state index contributed by atoms with van der Waals surface area (Å²) in [5, 5.41) is 0. The van der Waals surface area contributed by atoms with Gasteiger partial charge in [-0.15, -0.1) is 0 Å². The largest absolute Gasteiger partial charge is 0.465 e. The number of carbonyl (C=O) groups is 1. The molecule has 1 aromatic rings. The minimum absolute atomic E-state index is 0.218. The van der Waals surface area contributed by atoms with Crippen LogP contribution in [-0.2, 0) is 14.9 Å². The highest BCUT2D eigenvalue weighted by Gasteiger charge is 2.36. The quantitative estimate of drug-likeness (QED) is 0.596. The molecule has 1 rings (SSSR count). The smallest absolute Gasteiger partial charge is 0.316 e. The van der Waals surface area contributed by atoms with Crippen LogP contribution in [-0.4, -0.2) is 19.1 Å². The van der Waals surface area contributed by atoms with Gasteiger partial charge in [-0.2, -0.15) is 0 Å². The molecule has 0 heterocycles. The van der Waals surface area contributed by atoms with Crippen LogP contribution >= 0.6 is 0 Å². The van der Waals surface area contributed by atoms with Gasteiger partial charge in [0.2, 0.25) is 0 Å². The highest BCUT2D eigenvalue weighted by Crippen LogP contribution is 2.31. The fourth-order valence-corrected chi connectivity index (χ4v) is 1.99. The van der Waals surface area contributed by atoms with Gasteiger partial charge in [0.1, 0.15) is 0 Å². The van der Waals surface area contributed by atoms with E-state index < -0.39 is 5.41 Å². The number of carbonyl (C=O) groups excluding carboxylic acids is 1. The van der Waals surface area contributed by atoms with Gasteiger partial charge in [0.25, 0.3) is 0 Å². The number of nitrogens with two attached hydrogens (primary N) is 2. The van der Waals surface area contributed by atoms with E-state index in [-0.39, 0.29) is 5.97 Å². The van der Waals surface area contributed by atoms with Crippen molar-refractivity contribution in [1.82, 2.24) is 0 Å². The van der Waals surface area contributed by atoms with Gasteiger partial charge >= 0.3 is 5.97 Å². The van der Waals surface area contributed by atoms with Crippen molar-refractivity contribution in [2.45, 2.75) is 32.1 Å². The molecule has 0 aromatic heterocycles. The van der Waals surface area contributed by atoms with E-state index in [4.69, 9.17) is 16.2 Å². The number of benzene rings is 1. The van der Waals surface area contributed by atoms with Gasteiger partial charge in [0.05, 0.1) is 12.0 Å². The minimum Gasteiger partial charge on any atom is -0.465 e. The van der Waals surface area contributed by atoms with E-state index >= 15 is 0 Å². The van der Waals surface area contributed by atoms with Crippen LogP contribution in [0.5, 0.6) is 0 Å². The number of hydrogen-bond donors (Lipinski definition) is 2. The lowest BCUT2D eigenvalue weighted by molar-refractivity contribution is -0.149. The van der Waals surface area contributed by atoms with Crippen LogP contribution in [0.3, 0.4) is 0 Å². The molecular formula is C14H22N2O2. The van der Waals surface area contributed by atoms with Crippen molar-refractivity contribution in [1.29, 1.82) is 0 Å². The first-order chi connectivity index (χ1) is 8.54. The fourth-order valence-electron chi connectivity index (χ4n) is 1.99. The van der Waals surface area contributed by atoms with E-state index in [9.17, 15) is 4.79 Å². The number of ether oxygens (including phenoxy) is 1. The van der Waals surface area contributed by atoms with Crippen LogP contribution in [0.25, 0.3) is 0 Å². The summed E-state index contributed by atoms with van der Waals surface area (Å²) < 4.78 is 5.18. The number of esters is 1. The molecule has 1 aromatic carbocycles. The molecule has 18 heavy (non-hydrogen) atoms. The third-order valence-electron chi connectivity index (χ3n) is 3.13. The van der Waals surface area contributed by atoms with E-state index in [0.717, 1.165) is 12.0 Å². The maximum Gasteiger partial charge on any atom is 0.316 e. The number of nitrogen functional groups attached to an aromatic ring is 1. The second kappa shape index (κ2) is 6.40. The molecule has 0 aliphatic heterocycles. The summed E-state index contributed by atoms with van der Waals surface area (Å²) in [7, 11) is 0. The summed E-state index contributed by atoms with van der Waals surface area (Å²) in [5.41, 5.74) is 12.2. The molecule has 0 aliphatic carbocycles. The maximum atomic E-state index is 12.2. The van der Waals surface area contributed by atoms with E-state index in [2.05, 4.69) is 0 Å². The molecule has 0 saturated heterocycles. The molecular weight excluding hydrogens is 228 g/mol. The highest BCUT2D eigenvalue weighted by atomic mass is 16.5. The lowest BCUT2D eigenvalue weighted by atomic mass is 9.78. The molecule has 0 amide bonds. The van der Waals surface area contributed by atoms with Crippen molar-refractivity contribution in [3.8, 4) is 0 Å². The average molecular weight is 250 g/mol. The van der Waals surface area contributed by atoms with Gasteiger partial charge in [-0.25, -0.2) is 0 Å². The van der Waals surface area contributed by atoms with Crippen LogP contribution in [0.4, 0.5) is 5.69 Å². The van der Waals surface area contributed by atoms with E-state index in [1.807, 2.05) is 25.1 Å². The summed E-state index contributed by atoms with van der Waals surface area (Å²) >= 11 is 0. The van der Waals surface area contributed by atoms with Crippen LogP contribution in [0.2, 0.25) is 0 Å². The Labute approximate surface area is 108 Å². The molecule has 0 radical (unpaired) electrons. The van der Waals surface area contributed by atoms with Crippen molar-refractivity contribution in [3.05, 3.63) is 29.8 Å². The number of rotatable bonds is 6. The van der Waals surface area contributed by atoms with Gasteiger partial charge in [-0.05, 0) is 50.9 Å². The Morgan fingerprint density at radius 3 is 2.72 bits per heavy atom. The molecule has 0 fully saturated rings. The molecule has 0 saturated carbocycles. The van der Waals surface area contributed by atoms with Gasteiger partial charge in [-0.3, -0.25) is 4.79 Å². The Hall–Kier alpha value is -1.55. The Morgan fingerprint density at radius 1 is 1.44 bits per heavy atom. The Bertz CT molecular complexity index is 407. The fraction of sp³-hybridized carbons (Fsp3) is 0.500. The van der Waals surface area contributed by atoms with Crippen molar-refractivity contribution in [2.24, 2.45) is 5.73 Å². The first-order valence-electron chi connectivity index (χ1n) is 6.28. The first-order valence-corrected chi connectivity index (χ1v) is 6.28. The number of anilines is 1. The molecule has 1 unspecified atom stereocenters. The van der Waals surface area contributed by atoms with E-state index in [0.29, 0.717) is 25.3 Å². The number of hydrogen-bond acceptors (Lipinski definition) is 4. The summed E-state index contributed by atoms with van der Waals surface area (Å²) in [5.74, 6) is -0.218. The van der Waals surface area contributed by atoms with Crippen molar-refractivity contribution >= 4 is 11.7 Å². The molecule has 100 valence electrons. The monoisotopic (exact) mass is 250 g/mol. The molecule has 0 bridgehead atoms. The predicted octanol–water partition coefficient (Wildman–Crippen LogP) is 1.83. The van der Waals surface area contributed by atoms with Crippen LogP contribution in [0, 0.1) is 0 Å². The topological polar surface area (TPSA) is 78.3 Å². The third kappa shape index (κ3) is 3.23. The zero-order valence-electron chi connectivity index (χ0n) is 11.1. The van der Waals surface area contributed by atoms with Gasteiger partial charge < -0.3 is 16.2 Å². The van der Waals surface area contributed by atoms with E-state index in [1.54, 1.807) is 13.0 Å². The molecule has 4 N–H and O–H groups in total. The second-order valence-corrected chi connectivity index (χ2v) is 4.57. The summed E-state index contributed by atoms with van der Waals surface area (Å²) in [6.07, 6.45) is 1.43. The lowest BCUT2D eigenvalue weighted by Gasteiger charge is -2.28. The maximum absolute atomic E-state index is 12.2. The van der Waals surface area contributed by atoms with Crippen molar-refractivity contribution in [3.63, 3.8) is 0 Å². The van der Waals surface area contributed by atoms with Gasteiger partial charge in [-0.1, -0.05) is 12.1 Å². The normalized spacial score (nSPS) is 13.9. The Balaban J connectivity index is 3.06. The Morgan fingerprint density at radius 2 is 2.17 bits per heavy atom. The highest BCUT2D eigenvalue weighted by molar-refractivity contribution is 5.83. The molecule has 1 atom stereocenters.